The van der Waals surface area contributed by atoms with Crippen molar-refractivity contribution in [3.63, 3.8) is 0 Å². The molecule has 4 aliphatic rings. The minimum atomic E-state index is -0.359. The number of nitrogens with one attached hydrogen (secondary N) is 1. The molecule has 2 aromatic rings. The number of para-hydroxylation sites is 1. The van der Waals surface area contributed by atoms with Gasteiger partial charge in [0.15, 0.2) is 11.5 Å². The standard InChI is InChI=1S/C27H33ClFNO2/c1-25-10-18-11-26(2,15-25)17-27(12-18,16-25)30-13-19-6-4-9-23(31-3)24(19)32-14-20-21(28)7-5-8-22(20)29/h4-9,18,30H,10-17H2,1-3H3. The van der Waals surface area contributed by atoms with E-state index in [1.165, 1.54) is 44.6 Å². The Balaban J connectivity index is 1.37. The average molecular weight is 458 g/mol. The first-order chi connectivity index (χ1) is 15.2. The highest BCUT2D eigenvalue weighted by molar-refractivity contribution is 6.31. The molecular weight excluding hydrogens is 425 g/mol. The quantitative estimate of drug-likeness (QED) is 0.490. The van der Waals surface area contributed by atoms with Crippen molar-refractivity contribution in [3.05, 3.63) is 58.4 Å². The molecule has 5 heteroatoms. The van der Waals surface area contributed by atoms with Crippen LogP contribution in [0.15, 0.2) is 36.4 Å². The van der Waals surface area contributed by atoms with E-state index in [0.717, 1.165) is 11.5 Å². The van der Waals surface area contributed by atoms with Gasteiger partial charge in [-0.1, -0.05) is 43.6 Å². The fourth-order valence-corrected chi connectivity index (χ4v) is 7.98. The maximum Gasteiger partial charge on any atom is 0.166 e. The maximum absolute atomic E-state index is 14.3. The molecule has 0 radical (unpaired) electrons. The van der Waals surface area contributed by atoms with Crippen LogP contribution in [0.2, 0.25) is 5.02 Å². The first-order valence-electron chi connectivity index (χ1n) is 11.7. The van der Waals surface area contributed by atoms with E-state index in [-0.39, 0.29) is 18.0 Å². The van der Waals surface area contributed by atoms with E-state index >= 15 is 0 Å². The van der Waals surface area contributed by atoms with Crippen molar-refractivity contribution in [1.29, 1.82) is 0 Å². The van der Waals surface area contributed by atoms with Crippen molar-refractivity contribution < 1.29 is 13.9 Å². The monoisotopic (exact) mass is 457 g/mol. The highest BCUT2D eigenvalue weighted by Crippen LogP contribution is 2.66. The van der Waals surface area contributed by atoms with Crippen molar-refractivity contribution in [2.24, 2.45) is 16.7 Å². The Morgan fingerprint density at radius 3 is 2.41 bits per heavy atom. The van der Waals surface area contributed by atoms with Gasteiger partial charge in [0.2, 0.25) is 0 Å². The van der Waals surface area contributed by atoms with Crippen LogP contribution in [-0.2, 0) is 13.2 Å². The Labute approximate surface area is 195 Å². The summed E-state index contributed by atoms with van der Waals surface area (Å²) in [4.78, 5) is 0. The molecule has 0 aromatic heterocycles. The summed E-state index contributed by atoms with van der Waals surface area (Å²) < 4.78 is 26.0. The van der Waals surface area contributed by atoms with Crippen LogP contribution in [0.5, 0.6) is 11.5 Å². The smallest absolute Gasteiger partial charge is 0.166 e. The zero-order valence-corrected chi connectivity index (χ0v) is 20.0. The molecule has 4 saturated carbocycles. The number of rotatable bonds is 7. The predicted molar refractivity (Wildman–Crippen MR) is 126 cm³/mol. The van der Waals surface area contributed by atoms with Crippen LogP contribution in [0.25, 0.3) is 0 Å². The molecule has 4 aliphatic carbocycles. The molecule has 4 fully saturated rings. The Morgan fingerprint density at radius 1 is 1.03 bits per heavy atom. The van der Waals surface area contributed by atoms with Gasteiger partial charge in [-0.3, -0.25) is 0 Å². The Kier molecular flexibility index (Phi) is 5.45. The summed E-state index contributed by atoms with van der Waals surface area (Å²) in [5.74, 6) is 1.78. The third-order valence-corrected chi connectivity index (χ3v) is 8.34. The molecule has 2 aromatic carbocycles. The zero-order chi connectivity index (χ0) is 22.6. The summed E-state index contributed by atoms with van der Waals surface area (Å²) in [6.07, 6.45) is 7.88. The normalized spacial score (nSPS) is 32.8. The molecular formula is C27H33ClFNO2. The number of ether oxygens (including phenoxy) is 2. The highest BCUT2D eigenvalue weighted by Gasteiger charge is 2.59. The first kappa shape index (κ1) is 22.0. The lowest BCUT2D eigenvalue weighted by Gasteiger charge is -2.65. The van der Waals surface area contributed by atoms with Gasteiger partial charge in [0, 0.05) is 23.2 Å². The van der Waals surface area contributed by atoms with Gasteiger partial charge in [-0.25, -0.2) is 4.39 Å². The fourth-order valence-electron chi connectivity index (χ4n) is 7.77. The third-order valence-electron chi connectivity index (χ3n) is 7.98. The minimum absolute atomic E-state index is 0.0578. The minimum Gasteiger partial charge on any atom is -0.493 e. The van der Waals surface area contributed by atoms with Gasteiger partial charge in [0.1, 0.15) is 12.4 Å². The van der Waals surface area contributed by atoms with E-state index in [9.17, 15) is 4.39 Å². The van der Waals surface area contributed by atoms with Gasteiger partial charge in [-0.15, -0.1) is 0 Å². The Morgan fingerprint density at radius 2 is 1.75 bits per heavy atom. The van der Waals surface area contributed by atoms with Gasteiger partial charge in [0.05, 0.1) is 12.1 Å². The molecule has 4 bridgehead atoms. The van der Waals surface area contributed by atoms with Crippen LogP contribution in [0.1, 0.15) is 63.5 Å². The number of hydrogen-bond acceptors (Lipinski definition) is 3. The number of benzene rings is 2. The molecule has 172 valence electrons. The Hall–Kier alpha value is -1.78. The first-order valence-corrected chi connectivity index (χ1v) is 12.1. The molecule has 0 aliphatic heterocycles. The molecule has 32 heavy (non-hydrogen) atoms. The fraction of sp³-hybridized carbons (Fsp3) is 0.556. The van der Waals surface area contributed by atoms with Crippen molar-refractivity contribution in [1.82, 2.24) is 5.32 Å². The van der Waals surface area contributed by atoms with Crippen molar-refractivity contribution in [2.45, 2.75) is 71.1 Å². The van der Waals surface area contributed by atoms with E-state index in [2.05, 4.69) is 25.2 Å². The number of hydrogen-bond donors (Lipinski definition) is 1. The summed E-state index contributed by atoms with van der Waals surface area (Å²) in [5.41, 5.74) is 2.49. The predicted octanol–water partition coefficient (Wildman–Crippen LogP) is 6.91. The lowest BCUT2D eigenvalue weighted by atomic mass is 9.43. The summed E-state index contributed by atoms with van der Waals surface area (Å²) >= 11 is 6.21. The van der Waals surface area contributed by atoms with Crippen LogP contribution >= 0.6 is 11.6 Å². The van der Waals surface area contributed by atoms with Gasteiger partial charge < -0.3 is 14.8 Å². The summed E-state index contributed by atoms with van der Waals surface area (Å²) in [7, 11) is 1.64. The van der Waals surface area contributed by atoms with Gasteiger partial charge in [-0.05, 0) is 73.5 Å². The maximum atomic E-state index is 14.3. The van der Waals surface area contributed by atoms with Crippen molar-refractivity contribution in [2.75, 3.05) is 7.11 Å². The van der Waals surface area contributed by atoms with Crippen molar-refractivity contribution in [3.8, 4) is 11.5 Å². The van der Waals surface area contributed by atoms with E-state index in [1.807, 2.05) is 12.1 Å². The van der Waals surface area contributed by atoms with Crippen LogP contribution in [0, 0.1) is 22.6 Å². The highest BCUT2D eigenvalue weighted by atomic mass is 35.5. The lowest BCUT2D eigenvalue weighted by molar-refractivity contribution is -0.118. The third kappa shape index (κ3) is 4.01. The van der Waals surface area contributed by atoms with Crippen LogP contribution < -0.4 is 14.8 Å². The molecule has 6 rings (SSSR count). The number of halogens is 2. The van der Waals surface area contributed by atoms with E-state index in [4.69, 9.17) is 21.1 Å². The Bertz CT molecular complexity index is 986. The van der Waals surface area contributed by atoms with Gasteiger partial charge in [-0.2, -0.15) is 0 Å². The molecule has 3 nitrogen and oxygen atoms in total. The lowest BCUT2D eigenvalue weighted by Crippen LogP contribution is -2.63. The molecule has 0 saturated heterocycles. The topological polar surface area (TPSA) is 30.5 Å². The van der Waals surface area contributed by atoms with Gasteiger partial charge >= 0.3 is 0 Å². The van der Waals surface area contributed by atoms with E-state index < -0.39 is 0 Å². The average Bonchev–Trinajstić information content (AvgIpc) is 2.69. The van der Waals surface area contributed by atoms with Crippen LogP contribution in [-0.4, -0.2) is 12.6 Å². The van der Waals surface area contributed by atoms with E-state index in [1.54, 1.807) is 19.2 Å². The molecule has 0 heterocycles. The molecule has 0 amide bonds. The zero-order valence-electron chi connectivity index (χ0n) is 19.3. The molecule has 2 unspecified atom stereocenters. The largest absolute Gasteiger partial charge is 0.493 e. The number of methoxy groups -OCH3 is 1. The second kappa shape index (κ2) is 7.92. The SMILES string of the molecule is COc1cccc(CNC23CC4CC(C)(CC(C)(C4)C2)C3)c1OCc1c(F)cccc1Cl. The second-order valence-corrected chi connectivity index (χ2v) is 11.6. The summed E-state index contributed by atoms with van der Waals surface area (Å²) in [6.45, 7) is 5.74. The summed E-state index contributed by atoms with van der Waals surface area (Å²) in [6, 6.07) is 10.6. The molecule has 0 spiro atoms. The van der Waals surface area contributed by atoms with E-state index in [0.29, 0.717) is 39.5 Å². The van der Waals surface area contributed by atoms with Crippen LogP contribution in [0.4, 0.5) is 4.39 Å². The molecule has 1 N–H and O–H groups in total. The molecule has 2 atom stereocenters. The van der Waals surface area contributed by atoms with Gasteiger partial charge in [0.25, 0.3) is 0 Å². The second-order valence-electron chi connectivity index (χ2n) is 11.2. The van der Waals surface area contributed by atoms with Crippen LogP contribution in [0.3, 0.4) is 0 Å². The van der Waals surface area contributed by atoms with Crippen molar-refractivity contribution >= 4 is 11.6 Å². The summed E-state index contributed by atoms with van der Waals surface area (Å²) in [5, 5.41) is 4.34.